The van der Waals surface area contributed by atoms with E-state index in [4.69, 9.17) is 18.9 Å². The number of fused-ring (bicyclic) bond motifs is 4. The second-order valence-corrected chi connectivity index (χ2v) is 7.63. The van der Waals surface area contributed by atoms with E-state index in [1.54, 1.807) is 0 Å². The lowest BCUT2D eigenvalue weighted by atomic mass is 9.78. The number of ether oxygens (including phenoxy) is 4. The standard InChI is InChI=1S/C19H21NO6/c1-19(2)25-16-15-14(24-18(16)26-19)13(11(8-23-15)17(21)22)10-7-20-12-6-4-3-5-9(10)12/h3-7,11,13-16,18,20H,8H2,1-2H3,(H,21,22)/t11-,13+,14+,15-,16+,18+/m0/s1. The fourth-order valence-corrected chi connectivity index (χ4v) is 4.52. The number of carbonyl (C=O) groups is 1. The van der Waals surface area contributed by atoms with Gasteiger partial charge in [-0.05, 0) is 25.5 Å². The van der Waals surface area contributed by atoms with Crippen LogP contribution in [0.2, 0.25) is 0 Å². The van der Waals surface area contributed by atoms with Crippen LogP contribution in [0.15, 0.2) is 30.5 Å². The Labute approximate surface area is 150 Å². The smallest absolute Gasteiger partial charge is 0.309 e. The minimum atomic E-state index is -0.887. The number of aliphatic carboxylic acids is 1. The van der Waals surface area contributed by atoms with Crippen molar-refractivity contribution < 1.29 is 28.8 Å². The van der Waals surface area contributed by atoms with Crippen molar-refractivity contribution in [3.63, 3.8) is 0 Å². The van der Waals surface area contributed by atoms with E-state index in [-0.39, 0.29) is 24.7 Å². The van der Waals surface area contributed by atoms with Gasteiger partial charge in [-0.2, -0.15) is 0 Å². The van der Waals surface area contributed by atoms with Crippen molar-refractivity contribution in [2.75, 3.05) is 6.61 Å². The summed E-state index contributed by atoms with van der Waals surface area (Å²) in [6, 6.07) is 7.87. The Morgan fingerprint density at radius 2 is 2.00 bits per heavy atom. The topological polar surface area (TPSA) is 90.0 Å². The molecule has 3 saturated heterocycles. The van der Waals surface area contributed by atoms with Crippen LogP contribution < -0.4 is 0 Å². The zero-order chi connectivity index (χ0) is 18.1. The van der Waals surface area contributed by atoms with Crippen LogP contribution in [0.1, 0.15) is 25.3 Å². The molecule has 3 fully saturated rings. The highest BCUT2D eigenvalue weighted by atomic mass is 16.8. The van der Waals surface area contributed by atoms with Crippen LogP contribution >= 0.6 is 0 Å². The average molecular weight is 359 g/mol. The lowest BCUT2D eigenvalue weighted by Gasteiger charge is -2.38. The van der Waals surface area contributed by atoms with Crippen molar-refractivity contribution in [1.82, 2.24) is 4.98 Å². The van der Waals surface area contributed by atoms with Gasteiger partial charge in [-0.3, -0.25) is 4.79 Å². The lowest BCUT2D eigenvalue weighted by Crippen LogP contribution is -2.49. The van der Waals surface area contributed by atoms with E-state index in [0.29, 0.717) is 0 Å². The molecule has 0 saturated carbocycles. The average Bonchev–Trinajstić information content (AvgIpc) is 3.23. The minimum Gasteiger partial charge on any atom is -0.481 e. The van der Waals surface area contributed by atoms with Crippen LogP contribution in [0.25, 0.3) is 10.9 Å². The summed E-state index contributed by atoms with van der Waals surface area (Å²) in [5, 5.41) is 10.8. The van der Waals surface area contributed by atoms with Crippen LogP contribution in [0, 0.1) is 5.92 Å². The molecule has 0 bridgehead atoms. The van der Waals surface area contributed by atoms with Gasteiger partial charge in [-0.1, -0.05) is 18.2 Å². The fraction of sp³-hybridized carbons (Fsp3) is 0.526. The van der Waals surface area contributed by atoms with Gasteiger partial charge in [0, 0.05) is 23.0 Å². The van der Waals surface area contributed by atoms with Gasteiger partial charge in [0.05, 0.1) is 18.6 Å². The van der Waals surface area contributed by atoms with Crippen molar-refractivity contribution in [2.24, 2.45) is 5.92 Å². The molecule has 0 amide bonds. The molecular formula is C19H21NO6. The molecule has 5 rings (SSSR count). The van der Waals surface area contributed by atoms with E-state index in [9.17, 15) is 9.90 Å². The van der Waals surface area contributed by atoms with Crippen LogP contribution in [0.4, 0.5) is 0 Å². The first-order valence-corrected chi connectivity index (χ1v) is 8.86. The van der Waals surface area contributed by atoms with Gasteiger partial charge in [0.2, 0.25) is 0 Å². The Hall–Kier alpha value is -1.93. The molecule has 0 spiro atoms. The molecule has 4 heterocycles. The molecule has 7 nitrogen and oxygen atoms in total. The monoisotopic (exact) mass is 359 g/mol. The highest BCUT2D eigenvalue weighted by molar-refractivity contribution is 5.85. The third kappa shape index (κ3) is 2.31. The third-order valence-corrected chi connectivity index (χ3v) is 5.58. The first-order valence-electron chi connectivity index (χ1n) is 8.86. The summed E-state index contributed by atoms with van der Waals surface area (Å²) in [5.74, 6) is -2.66. The van der Waals surface area contributed by atoms with Gasteiger partial charge in [-0.25, -0.2) is 0 Å². The molecule has 26 heavy (non-hydrogen) atoms. The lowest BCUT2D eigenvalue weighted by molar-refractivity contribution is -0.233. The van der Waals surface area contributed by atoms with Crippen LogP contribution in [0.3, 0.4) is 0 Å². The van der Waals surface area contributed by atoms with Crippen LogP contribution in [-0.4, -0.2) is 53.1 Å². The number of carboxylic acids is 1. The number of rotatable bonds is 2. The molecule has 0 unspecified atom stereocenters. The Kier molecular flexibility index (Phi) is 3.46. The molecule has 7 heteroatoms. The number of hydrogen-bond acceptors (Lipinski definition) is 5. The van der Waals surface area contributed by atoms with Gasteiger partial charge in [-0.15, -0.1) is 0 Å². The van der Waals surface area contributed by atoms with E-state index in [0.717, 1.165) is 16.5 Å². The maximum atomic E-state index is 11.9. The minimum absolute atomic E-state index is 0.122. The third-order valence-electron chi connectivity index (χ3n) is 5.58. The Balaban J connectivity index is 1.56. The predicted molar refractivity (Wildman–Crippen MR) is 90.6 cm³/mol. The molecule has 6 atom stereocenters. The van der Waals surface area contributed by atoms with Crippen LogP contribution in [0.5, 0.6) is 0 Å². The van der Waals surface area contributed by atoms with Crippen molar-refractivity contribution in [3.05, 3.63) is 36.0 Å². The molecule has 2 N–H and O–H groups in total. The summed E-state index contributed by atoms with van der Waals surface area (Å²) in [6.45, 7) is 3.80. The summed E-state index contributed by atoms with van der Waals surface area (Å²) in [5.41, 5.74) is 1.91. The largest absolute Gasteiger partial charge is 0.481 e. The van der Waals surface area contributed by atoms with E-state index >= 15 is 0 Å². The summed E-state index contributed by atoms with van der Waals surface area (Å²) in [4.78, 5) is 15.2. The molecule has 0 radical (unpaired) electrons. The van der Waals surface area contributed by atoms with Gasteiger partial charge in [0.15, 0.2) is 12.1 Å². The van der Waals surface area contributed by atoms with Crippen molar-refractivity contribution in [2.45, 2.75) is 50.2 Å². The Morgan fingerprint density at radius 1 is 1.19 bits per heavy atom. The maximum Gasteiger partial charge on any atom is 0.309 e. The first-order chi connectivity index (χ1) is 12.4. The molecular weight excluding hydrogens is 338 g/mol. The van der Waals surface area contributed by atoms with E-state index in [1.807, 2.05) is 44.3 Å². The molecule has 1 aromatic heterocycles. The predicted octanol–water partition coefficient (Wildman–Crippen LogP) is 2.23. The van der Waals surface area contributed by atoms with Crippen molar-refractivity contribution >= 4 is 16.9 Å². The van der Waals surface area contributed by atoms with E-state index < -0.39 is 30.1 Å². The van der Waals surface area contributed by atoms with E-state index in [1.165, 1.54) is 0 Å². The maximum absolute atomic E-state index is 11.9. The van der Waals surface area contributed by atoms with Crippen molar-refractivity contribution in [3.8, 4) is 0 Å². The second kappa shape index (κ2) is 5.53. The number of carboxylic acid groups (broad SMARTS) is 1. The first kappa shape index (κ1) is 16.3. The number of aromatic amines is 1. The highest BCUT2D eigenvalue weighted by Gasteiger charge is 2.61. The summed E-state index contributed by atoms with van der Waals surface area (Å²) >= 11 is 0. The normalized spacial score (nSPS) is 38.2. The number of nitrogens with one attached hydrogen (secondary N) is 1. The number of aromatic nitrogens is 1. The molecule has 0 aliphatic carbocycles. The molecule has 138 valence electrons. The van der Waals surface area contributed by atoms with E-state index in [2.05, 4.69) is 4.98 Å². The zero-order valence-electron chi connectivity index (χ0n) is 14.5. The van der Waals surface area contributed by atoms with Gasteiger partial charge in [0.25, 0.3) is 0 Å². The summed E-state index contributed by atoms with van der Waals surface area (Å²) in [6.07, 6.45) is 0.209. The zero-order valence-corrected chi connectivity index (χ0v) is 14.5. The molecule has 3 aliphatic rings. The molecule has 3 aliphatic heterocycles. The summed E-state index contributed by atoms with van der Waals surface area (Å²) < 4.78 is 23.8. The second-order valence-electron chi connectivity index (χ2n) is 7.63. The highest BCUT2D eigenvalue weighted by Crippen LogP contribution is 2.48. The number of para-hydroxylation sites is 1. The Morgan fingerprint density at radius 3 is 2.81 bits per heavy atom. The van der Waals surface area contributed by atoms with Gasteiger partial charge < -0.3 is 29.0 Å². The van der Waals surface area contributed by atoms with Crippen LogP contribution in [-0.2, 0) is 23.7 Å². The SMILES string of the molecule is CC1(C)O[C@H]2O[C@H]3[C@H](OC[C@H](C(=O)O)[C@H]3c3c[nH]c4ccccc34)[C@H]2O1. The fourth-order valence-electron chi connectivity index (χ4n) is 4.52. The number of benzene rings is 1. The van der Waals surface area contributed by atoms with Gasteiger partial charge >= 0.3 is 5.97 Å². The molecule has 2 aromatic rings. The number of H-pyrrole nitrogens is 1. The van der Waals surface area contributed by atoms with Gasteiger partial charge in [0.1, 0.15) is 12.2 Å². The summed E-state index contributed by atoms with van der Waals surface area (Å²) in [7, 11) is 0. The molecule has 1 aromatic carbocycles. The quantitative estimate of drug-likeness (QED) is 0.855. The Bertz CT molecular complexity index is 861. The number of hydrogen-bond donors (Lipinski definition) is 2. The van der Waals surface area contributed by atoms with Crippen molar-refractivity contribution in [1.29, 1.82) is 0 Å².